The number of amides is 1. The van der Waals surface area contributed by atoms with Gasteiger partial charge in [-0.2, -0.15) is 0 Å². The molecule has 1 amide bonds. The number of carbonyl (C=O) groups excluding carboxylic acids is 1. The average Bonchev–Trinajstić information content (AvgIpc) is 2.13. The van der Waals surface area contributed by atoms with Crippen molar-refractivity contribution in [1.29, 1.82) is 0 Å². The second kappa shape index (κ2) is 4.94. The molecule has 1 fully saturated rings. The molecule has 15 heavy (non-hydrogen) atoms. The maximum Gasteiger partial charge on any atom is 0.228 e. The molecule has 0 bridgehead atoms. The first-order valence-corrected chi connectivity index (χ1v) is 5.42. The fraction of sp³-hybridized carbons (Fsp3) is 0.909. The van der Waals surface area contributed by atoms with Crippen molar-refractivity contribution < 1.29 is 14.6 Å². The lowest BCUT2D eigenvalue weighted by atomic mass is 9.69. The molecule has 1 atom stereocenters. The summed E-state index contributed by atoms with van der Waals surface area (Å²) in [5.74, 6) is 0.143. The van der Waals surface area contributed by atoms with Gasteiger partial charge in [-0.05, 0) is 12.8 Å². The van der Waals surface area contributed by atoms with Crippen LogP contribution < -0.4 is 0 Å². The molecule has 1 rings (SSSR count). The van der Waals surface area contributed by atoms with E-state index in [4.69, 9.17) is 4.74 Å². The molecule has 0 saturated heterocycles. The molecular formula is C11H21NO3. The molecule has 0 aliphatic heterocycles. The molecule has 0 aromatic carbocycles. The van der Waals surface area contributed by atoms with E-state index >= 15 is 0 Å². The summed E-state index contributed by atoms with van der Waals surface area (Å²) in [7, 11) is 3.28. The van der Waals surface area contributed by atoms with Crippen LogP contribution >= 0.6 is 0 Å². The van der Waals surface area contributed by atoms with Crippen molar-refractivity contribution in [3.05, 3.63) is 0 Å². The Kier molecular flexibility index (Phi) is 4.11. The van der Waals surface area contributed by atoms with Crippen LogP contribution in [-0.2, 0) is 9.53 Å². The van der Waals surface area contributed by atoms with E-state index in [1.54, 1.807) is 11.9 Å². The second-order valence-corrected chi connectivity index (χ2v) is 4.71. The van der Waals surface area contributed by atoms with Gasteiger partial charge in [-0.1, -0.05) is 13.3 Å². The third kappa shape index (κ3) is 2.92. The van der Waals surface area contributed by atoms with E-state index in [1.165, 1.54) is 7.11 Å². The summed E-state index contributed by atoms with van der Waals surface area (Å²) in [6.45, 7) is 2.62. The number of aliphatic hydroxyl groups is 1. The number of aliphatic hydroxyl groups excluding tert-OH is 1. The van der Waals surface area contributed by atoms with Crippen LogP contribution in [0.15, 0.2) is 0 Å². The van der Waals surface area contributed by atoms with Crippen molar-refractivity contribution in [2.45, 2.75) is 32.3 Å². The lowest BCUT2D eigenvalue weighted by Gasteiger charge is -2.40. The van der Waals surface area contributed by atoms with Gasteiger partial charge in [0.15, 0.2) is 0 Å². The molecule has 1 saturated carbocycles. The van der Waals surface area contributed by atoms with Gasteiger partial charge in [0.05, 0.1) is 12.7 Å². The minimum Gasteiger partial charge on any atom is -0.389 e. The number of hydrogen-bond acceptors (Lipinski definition) is 3. The number of carbonyl (C=O) groups is 1. The standard InChI is InChI=1S/C11H21NO3/c1-11(5-4-6-11)10(14)12(2)7-9(13)8-15-3/h9,13H,4-8H2,1-3H3. The van der Waals surface area contributed by atoms with Crippen LogP contribution in [0.4, 0.5) is 0 Å². The van der Waals surface area contributed by atoms with Gasteiger partial charge in [0.2, 0.25) is 5.91 Å². The molecule has 0 spiro atoms. The lowest BCUT2D eigenvalue weighted by Crippen LogP contribution is -2.47. The molecule has 0 radical (unpaired) electrons. The first-order valence-electron chi connectivity index (χ1n) is 5.42. The Hall–Kier alpha value is -0.610. The summed E-state index contributed by atoms with van der Waals surface area (Å²) in [4.78, 5) is 13.6. The van der Waals surface area contributed by atoms with Gasteiger partial charge in [-0.15, -0.1) is 0 Å². The van der Waals surface area contributed by atoms with E-state index in [1.807, 2.05) is 6.92 Å². The summed E-state index contributed by atoms with van der Waals surface area (Å²) < 4.78 is 4.82. The molecule has 4 nitrogen and oxygen atoms in total. The van der Waals surface area contributed by atoms with Gasteiger partial charge < -0.3 is 14.7 Å². The predicted molar refractivity (Wildman–Crippen MR) is 57.5 cm³/mol. The number of methoxy groups -OCH3 is 1. The minimum atomic E-state index is -0.590. The monoisotopic (exact) mass is 215 g/mol. The molecule has 1 N–H and O–H groups in total. The van der Waals surface area contributed by atoms with Crippen LogP contribution in [0.2, 0.25) is 0 Å². The number of nitrogens with zero attached hydrogens (tertiary/aromatic N) is 1. The van der Waals surface area contributed by atoms with Gasteiger partial charge in [0, 0.05) is 26.1 Å². The fourth-order valence-corrected chi connectivity index (χ4v) is 2.03. The van der Waals surface area contributed by atoms with Crippen molar-refractivity contribution in [1.82, 2.24) is 4.90 Å². The first-order chi connectivity index (χ1) is 6.99. The molecule has 1 aliphatic carbocycles. The van der Waals surface area contributed by atoms with Crippen molar-refractivity contribution in [2.75, 3.05) is 27.3 Å². The Morgan fingerprint density at radius 1 is 1.60 bits per heavy atom. The number of likely N-dealkylation sites (N-methyl/N-ethyl adjacent to an activating group) is 1. The third-order valence-electron chi connectivity index (χ3n) is 3.16. The van der Waals surface area contributed by atoms with Crippen LogP contribution in [0.1, 0.15) is 26.2 Å². The van der Waals surface area contributed by atoms with Crippen molar-refractivity contribution in [2.24, 2.45) is 5.41 Å². The van der Waals surface area contributed by atoms with Gasteiger partial charge in [0.1, 0.15) is 0 Å². The van der Waals surface area contributed by atoms with E-state index in [0.717, 1.165) is 19.3 Å². The largest absolute Gasteiger partial charge is 0.389 e. The lowest BCUT2D eigenvalue weighted by molar-refractivity contribution is -0.146. The van der Waals surface area contributed by atoms with Gasteiger partial charge in [-0.3, -0.25) is 4.79 Å². The molecule has 0 aromatic heterocycles. The molecule has 1 aliphatic rings. The summed E-state index contributed by atoms with van der Waals surface area (Å²) in [6, 6.07) is 0. The SMILES string of the molecule is COCC(O)CN(C)C(=O)C1(C)CCC1. The molecule has 0 heterocycles. The Bertz CT molecular complexity index is 226. The van der Waals surface area contributed by atoms with Crippen molar-refractivity contribution in [3.63, 3.8) is 0 Å². The molecule has 4 heteroatoms. The number of hydrogen-bond donors (Lipinski definition) is 1. The zero-order valence-electron chi connectivity index (χ0n) is 9.82. The summed E-state index contributed by atoms with van der Waals surface area (Å²) in [5.41, 5.74) is -0.179. The topological polar surface area (TPSA) is 49.8 Å². The summed E-state index contributed by atoms with van der Waals surface area (Å²) in [6.07, 6.45) is 2.48. The minimum absolute atomic E-state index is 0.143. The molecule has 1 unspecified atom stereocenters. The second-order valence-electron chi connectivity index (χ2n) is 4.71. The van der Waals surface area contributed by atoms with Crippen molar-refractivity contribution >= 4 is 5.91 Å². The van der Waals surface area contributed by atoms with E-state index in [0.29, 0.717) is 6.54 Å². The van der Waals surface area contributed by atoms with Gasteiger partial charge >= 0.3 is 0 Å². The quantitative estimate of drug-likeness (QED) is 0.732. The number of ether oxygens (including phenoxy) is 1. The molecule has 88 valence electrons. The van der Waals surface area contributed by atoms with E-state index in [-0.39, 0.29) is 17.9 Å². The number of rotatable bonds is 5. The Balaban J connectivity index is 2.39. The summed E-state index contributed by atoms with van der Waals surface area (Å²) in [5, 5.41) is 9.51. The smallest absolute Gasteiger partial charge is 0.228 e. The van der Waals surface area contributed by atoms with Crippen LogP contribution in [0.25, 0.3) is 0 Å². The fourth-order valence-electron chi connectivity index (χ4n) is 2.03. The zero-order valence-corrected chi connectivity index (χ0v) is 9.82. The predicted octanol–water partition coefficient (Wildman–Crippen LogP) is 0.642. The van der Waals surface area contributed by atoms with E-state index < -0.39 is 6.10 Å². The maximum atomic E-state index is 12.0. The van der Waals surface area contributed by atoms with Crippen LogP contribution in [0, 0.1) is 5.41 Å². The normalized spacial score (nSPS) is 20.5. The molecular weight excluding hydrogens is 194 g/mol. The Morgan fingerprint density at radius 2 is 2.20 bits per heavy atom. The first kappa shape index (κ1) is 12.5. The zero-order chi connectivity index (χ0) is 11.5. The van der Waals surface area contributed by atoms with E-state index in [9.17, 15) is 9.90 Å². The highest BCUT2D eigenvalue weighted by Crippen LogP contribution is 2.41. The summed E-state index contributed by atoms with van der Waals surface area (Å²) >= 11 is 0. The third-order valence-corrected chi connectivity index (χ3v) is 3.16. The van der Waals surface area contributed by atoms with Crippen LogP contribution in [0.5, 0.6) is 0 Å². The Morgan fingerprint density at radius 3 is 2.60 bits per heavy atom. The van der Waals surface area contributed by atoms with Gasteiger partial charge in [0.25, 0.3) is 0 Å². The highest BCUT2D eigenvalue weighted by molar-refractivity contribution is 5.83. The van der Waals surface area contributed by atoms with Crippen LogP contribution in [-0.4, -0.2) is 49.3 Å². The average molecular weight is 215 g/mol. The Labute approximate surface area is 91.2 Å². The highest BCUT2D eigenvalue weighted by atomic mass is 16.5. The van der Waals surface area contributed by atoms with Gasteiger partial charge in [-0.25, -0.2) is 0 Å². The van der Waals surface area contributed by atoms with E-state index in [2.05, 4.69) is 0 Å². The van der Waals surface area contributed by atoms with Crippen molar-refractivity contribution in [3.8, 4) is 0 Å². The van der Waals surface area contributed by atoms with Crippen LogP contribution in [0.3, 0.4) is 0 Å². The maximum absolute atomic E-state index is 12.0. The highest BCUT2D eigenvalue weighted by Gasteiger charge is 2.41. The molecule has 0 aromatic rings.